The summed E-state index contributed by atoms with van der Waals surface area (Å²) in [5.41, 5.74) is -0.387. The third-order valence-corrected chi connectivity index (χ3v) is 8.52. The normalized spacial score (nSPS) is 23.9. The molecule has 1 atom stereocenters. The number of methoxy groups -OCH3 is 1. The summed E-state index contributed by atoms with van der Waals surface area (Å²) in [7, 11) is 3.04. The predicted molar refractivity (Wildman–Crippen MR) is 158 cm³/mol. The number of amides is 1. The van der Waals surface area contributed by atoms with Crippen molar-refractivity contribution in [2.45, 2.75) is 50.0 Å². The highest BCUT2D eigenvalue weighted by molar-refractivity contribution is 6.13. The van der Waals surface area contributed by atoms with Crippen molar-refractivity contribution in [3.63, 3.8) is 0 Å². The smallest absolute Gasteiger partial charge is 0.405 e. The first-order chi connectivity index (χ1) is 20.8. The molecule has 3 saturated carbocycles. The number of ether oxygens (including phenoxy) is 1. The van der Waals surface area contributed by atoms with Gasteiger partial charge < -0.3 is 25.1 Å². The Morgan fingerprint density at radius 3 is 2.52 bits per heavy atom. The molecule has 0 spiro atoms. The van der Waals surface area contributed by atoms with Gasteiger partial charge in [-0.3, -0.25) is 9.59 Å². The Hall–Kier alpha value is -4.19. The third-order valence-electron chi connectivity index (χ3n) is 8.52. The monoisotopic (exact) mass is 612 g/mol. The number of hydrogen-bond donors (Lipinski definition) is 3. The molecule has 4 aliphatic carbocycles. The van der Waals surface area contributed by atoms with E-state index >= 15 is 0 Å². The van der Waals surface area contributed by atoms with Crippen LogP contribution in [0.15, 0.2) is 46.9 Å². The van der Waals surface area contributed by atoms with E-state index in [1.54, 1.807) is 31.3 Å². The fraction of sp³-hybridized carbons (Fsp3) is 0.406. The van der Waals surface area contributed by atoms with Crippen LogP contribution >= 0.6 is 0 Å². The summed E-state index contributed by atoms with van der Waals surface area (Å²) in [4.78, 5) is 31.1. The van der Waals surface area contributed by atoms with Gasteiger partial charge in [0.25, 0.3) is 5.91 Å². The molecule has 2 aromatic heterocycles. The molecule has 232 valence electrons. The summed E-state index contributed by atoms with van der Waals surface area (Å²) >= 11 is 0. The molecule has 4 aliphatic rings. The number of Topliss-reactive ketones (excluding diaryl/α,β-unsaturated/α-hetero) is 1. The van der Waals surface area contributed by atoms with Crippen molar-refractivity contribution < 1.29 is 36.3 Å². The number of anilines is 1. The minimum atomic E-state index is -4.56. The number of alkyl halides is 4. The van der Waals surface area contributed by atoms with Crippen LogP contribution < -0.4 is 20.7 Å². The number of halogens is 4. The number of nitrogens with zero attached hydrogens (tertiary/aromatic N) is 1. The number of allylic oxidation sites excluding steroid dienone is 4. The van der Waals surface area contributed by atoms with Gasteiger partial charge in [0, 0.05) is 23.1 Å². The zero-order valence-electron chi connectivity index (χ0n) is 24.5. The Morgan fingerprint density at radius 1 is 1.18 bits per heavy atom. The van der Waals surface area contributed by atoms with Gasteiger partial charge in [-0.15, -0.1) is 0 Å². The van der Waals surface area contributed by atoms with Crippen LogP contribution in [0, 0.1) is 5.92 Å². The van der Waals surface area contributed by atoms with E-state index in [2.05, 4.69) is 20.9 Å². The van der Waals surface area contributed by atoms with Crippen LogP contribution in [-0.4, -0.2) is 61.3 Å². The highest BCUT2D eigenvalue weighted by atomic mass is 19.4. The number of nitrogens with one attached hydrogen (secondary N) is 3. The summed E-state index contributed by atoms with van der Waals surface area (Å²) in [6, 6.07) is 6.27. The Balaban J connectivity index is 1.49. The lowest BCUT2D eigenvalue weighted by Gasteiger charge is -2.61. The maximum atomic E-state index is 14.5. The fourth-order valence-corrected chi connectivity index (χ4v) is 6.16. The molecule has 0 radical (unpaired) electrons. The van der Waals surface area contributed by atoms with E-state index in [0.717, 1.165) is 19.3 Å². The first kappa shape index (κ1) is 29.9. The number of carbonyl (C=O) groups is 2. The Kier molecular flexibility index (Phi) is 7.30. The van der Waals surface area contributed by atoms with E-state index in [1.165, 1.54) is 32.3 Å². The van der Waals surface area contributed by atoms with Gasteiger partial charge in [0.2, 0.25) is 5.71 Å². The predicted octanol–water partition coefficient (Wildman–Crippen LogP) is 6.23. The second kappa shape index (κ2) is 10.8. The average Bonchev–Trinajstić information content (AvgIpc) is 3.30. The van der Waals surface area contributed by atoms with Crippen molar-refractivity contribution in [2.75, 3.05) is 32.6 Å². The Bertz CT molecular complexity index is 1710. The maximum Gasteiger partial charge on any atom is 0.405 e. The molecule has 2 bridgehead atoms. The molecule has 44 heavy (non-hydrogen) atoms. The molecule has 1 aromatic carbocycles. The van der Waals surface area contributed by atoms with Gasteiger partial charge in [0.15, 0.2) is 5.78 Å². The topological polar surface area (TPSA) is 105 Å². The number of pyridine rings is 1. The van der Waals surface area contributed by atoms with E-state index in [4.69, 9.17) is 9.15 Å². The number of likely N-dealkylation sites (N-methyl/N-ethyl adjacent to an activating group) is 1. The first-order valence-corrected chi connectivity index (χ1v) is 14.4. The first-order valence-electron chi connectivity index (χ1n) is 14.4. The van der Waals surface area contributed by atoms with Crippen molar-refractivity contribution in [1.29, 1.82) is 0 Å². The summed E-state index contributed by atoms with van der Waals surface area (Å²) < 4.78 is 66.0. The lowest BCUT2D eigenvalue weighted by Crippen LogP contribution is -2.68. The molecule has 3 fully saturated rings. The lowest BCUT2D eigenvalue weighted by molar-refractivity contribution is -0.115. The molecule has 12 heteroatoms. The fourth-order valence-electron chi connectivity index (χ4n) is 6.16. The van der Waals surface area contributed by atoms with Gasteiger partial charge in [-0.05, 0) is 69.0 Å². The molecule has 0 saturated heterocycles. The standard InChI is InChI=1S/C32H32F4N4O4/c1-30(33)8-6-18(7-9-30)26-25(23(41)15-37-2)22-11-20(27(39-29(22)44-26)38-16-32(34,35)36)19-4-5-24(43-3)21(10-19)28(42)40-31-12-17(13-31)14-31/h4-8,10-11,17,37H,9,12-16H2,1-3H3,(H,38,39)(H,40,42). The Morgan fingerprint density at radius 2 is 1.93 bits per heavy atom. The number of carbonyl (C=O) groups excluding carboxylic acids is 2. The van der Waals surface area contributed by atoms with Crippen LogP contribution in [0.1, 0.15) is 59.1 Å². The van der Waals surface area contributed by atoms with Crippen LogP contribution in [0.4, 0.5) is 23.4 Å². The summed E-state index contributed by atoms with van der Waals surface area (Å²) in [5.74, 6) is 0.260. The largest absolute Gasteiger partial charge is 0.496 e. The molecular weight excluding hydrogens is 580 g/mol. The molecular formula is C32H32F4N4O4. The van der Waals surface area contributed by atoms with Crippen LogP contribution in [-0.2, 0) is 0 Å². The van der Waals surface area contributed by atoms with E-state index in [0.29, 0.717) is 22.8 Å². The second-order valence-corrected chi connectivity index (χ2v) is 12.1. The van der Waals surface area contributed by atoms with E-state index in [-0.39, 0.29) is 69.6 Å². The van der Waals surface area contributed by atoms with Crippen LogP contribution in [0.5, 0.6) is 5.75 Å². The second-order valence-electron chi connectivity index (χ2n) is 12.1. The SMILES string of the molecule is CNCC(=O)c1c(C2=CCC(C)(F)C=C2)oc2nc(NCC(F)(F)F)c(-c3ccc(OC)c(C(=O)NC45CC(C4)C5)c3)cc12. The molecule has 2 heterocycles. The van der Waals surface area contributed by atoms with Crippen molar-refractivity contribution >= 4 is 34.2 Å². The van der Waals surface area contributed by atoms with Crippen molar-refractivity contribution in [2.24, 2.45) is 5.92 Å². The van der Waals surface area contributed by atoms with Gasteiger partial charge in [-0.25, -0.2) is 4.39 Å². The van der Waals surface area contributed by atoms with Crippen molar-refractivity contribution in [1.82, 2.24) is 15.6 Å². The van der Waals surface area contributed by atoms with Gasteiger partial charge in [-0.1, -0.05) is 18.2 Å². The van der Waals surface area contributed by atoms with Crippen molar-refractivity contribution in [3.05, 3.63) is 59.4 Å². The van der Waals surface area contributed by atoms with E-state index in [1.807, 2.05) is 0 Å². The number of rotatable bonds is 10. The van der Waals surface area contributed by atoms with E-state index < -0.39 is 18.4 Å². The number of fused-ring (bicyclic) bond motifs is 1. The molecule has 0 aliphatic heterocycles. The van der Waals surface area contributed by atoms with Crippen molar-refractivity contribution in [3.8, 4) is 16.9 Å². The minimum Gasteiger partial charge on any atom is -0.496 e. The van der Waals surface area contributed by atoms with Gasteiger partial charge in [-0.2, -0.15) is 18.2 Å². The Labute approximate surface area is 250 Å². The van der Waals surface area contributed by atoms with Crippen LogP contribution in [0.3, 0.4) is 0 Å². The molecule has 1 unspecified atom stereocenters. The van der Waals surface area contributed by atoms with Gasteiger partial charge >= 0.3 is 6.18 Å². The number of aromatic nitrogens is 1. The summed E-state index contributed by atoms with van der Waals surface area (Å²) in [6.07, 6.45) is 2.76. The maximum absolute atomic E-state index is 14.5. The lowest BCUT2D eigenvalue weighted by atomic mass is 9.50. The summed E-state index contributed by atoms with van der Waals surface area (Å²) in [6.45, 7) is -0.0147. The molecule has 8 nitrogen and oxygen atoms in total. The molecule has 3 N–H and O–H groups in total. The zero-order chi connectivity index (χ0) is 31.4. The molecule has 1 amide bonds. The minimum absolute atomic E-state index is 0.0469. The zero-order valence-corrected chi connectivity index (χ0v) is 24.5. The molecule has 7 rings (SSSR count). The number of ketones is 1. The number of hydrogen-bond acceptors (Lipinski definition) is 7. The van der Waals surface area contributed by atoms with Crippen LogP contribution in [0.2, 0.25) is 0 Å². The summed E-state index contributed by atoms with van der Waals surface area (Å²) in [5, 5.41) is 8.54. The van der Waals surface area contributed by atoms with E-state index in [9.17, 15) is 27.2 Å². The van der Waals surface area contributed by atoms with Gasteiger partial charge in [0.1, 0.15) is 29.5 Å². The number of benzene rings is 1. The molecule has 3 aromatic rings. The highest BCUT2D eigenvalue weighted by Gasteiger charge is 2.57. The van der Waals surface area contributed by atoms with Crippen LogP contribution in [0.25, 0.3) is 27.8 Å². The quantitative estimate of drug-likeness (QED) is 0.184. The highest BCUT2D eigenvalue weighted by Crippen LogP contribution is 2.57. The number of furan rings is 1. The van der Waals surface area contributed by atoms with Gasteiger partial charge in [0.05, 0.1) is 30.2 Å². The third kappa shape index (κ3) is 5.58. The average molecular weight is 613 g/mol.